The summed E-state index contributed by atoms with van der Waals surface area (Å²) in [6.07, 6.45) is 2.19. The van der Waals surface area contributed by atoms with Gasteiger partial charge in [-0.15, -0.1) is 0 Å². The van der Waals surface area contributed by atoms with E-state index in [2.05, 4.69) is 0 Å². The lowest BCUT2D eigenvalue weighted by Gasteiger charge is -2.12. The van der Waals surface area contributed by atoms with Crippen molar-refractivity contribution in [3.63, 3.8) is 0 Å². The molecular weight excluding hydrogens is 349 g/mol. The van der Waals surface area contributed by atoms with Crippen molar-refractivity contribution in [2.24, 2.45) is 0 Å². The van der Waals surface area contributed by atoms with Crippen LogP contribution >= 0.6 is 23.4 Å². The maximum Gasteiger partial charge on any atom is 0.298 e. The molecule has 2 aromatic rings. The van der Waals surface area contributed by atoms with Crippen LogP contribution in [0.5, 0.6) is 0 Å². The Balaban J connectivity index is 1.95. The first-order valence-electron chi connectivity index (χ1n) is 7.32. The maximum atomic E-state index is 13.9. The van der Waals surface area contributed by atoms with Crippen LogP contribution in [0.3, 0.4) is 0 Å². The van der Waals surface area contributed by atoms with E-state index < -0.39 is 17.0 Å². The first kappa shape index (κ1) is 16.7. The molecule has 1 aliphatic heterocycles. The third-order valence-electron chi connectivity index (χ3n) is 3.67. The highest BCUT2D eigenvalue weighted by Gasteiger charge is 2.36. The van der Waals surface area contributed by atoms with E-state index in [0.29, 0.717) is 5.69 Å². The van der Waals surface area contributed by atoms with E-state index in [1.807, 2.05) is 19.1 Å². The Labute approximate surface area is 148 Å². The van der Waals surface area contributed by atoms with Gasteiger partial charge in [-0.05, 0) is 54.1 Å². The zero-order valence-corrected chi connectivity index (χ0v) is 14.3. The van der Waals surface area contributed by atoms with Gasteiger partial charge in [0.25, 0.3) is 11.1 Å². The van der Waals surface area contributed by atoms with Crippen LogP contribution in [-0.2, 0) is 11.2 Å². The Morgan fingerprint density at radius 3 is 2.50 bits per heavy atom. The lowest BCUT2D eigenvalue weighted by Crippen LogP contribution is -2.27. The summed E-state index contributed by atoms with van der Waals surface area (Å²) in [5, 5.41) is -0.225. The van der Waals surface area contributed by atoms with Gasteiger partial charge in [0.2, 0.25) is 0 Å². The number of carbonyl (C=O) groups excluding carboxylic acids is 2. The van der Waals surface area contributed by atoms with Crippen LogP contribution in [0.1, 0.15) is 18.1 Å². The lowest BCUT2D eigenvalue weighted by atomic mass is 10.1. The fourth-order valence-electron chi connectivity index (χ4n) is 2.35. The molecule has 1 heterocycles. The van der Waals surface area contributed by atoms with Crippen LogP contribution in [0.15, 0.2) is 47.4 Å². The molecule has 3 rings (SSSR count). The van der Waals surface area contributed by atoms with E-state index in [1.54, 1.807) is 12.1 Å². The molecule has 0 N–H and O–H groups in total. The average Bonchev–Trinajstić information content (AvgIpc) is 2.85. The summed E-state index contributed by atoms with van der Waals surface area (Å²) in [6, 6.07) is 11.5. The molecule has 0 atom stereocenters. The maximum absolute atomic E-state index is 13.9. The first-order chi connectivity index (χ1) is 11.5. The molecule has 2 aromatic carbocycles. The number of amides is 2. The molecule has 3 nitrogen and oxygen atoms in total. The molecule has 1 aliphatic rings. The van der Waals surface area contributed by atoms with Crippen molar-refractivity contribution in [2.75, 3.05) is 4.90 Å². The monoisotopic (exact) mass is 361 g/mol. The quantitative estimate of drug-likeness (QED) is 0.698. The molecular formula is C18H13ClFNO2S. The molecule has 0 saturated carbocycles. The van der Waals surface area contributed by atoms with Gasteiger partial charge in [0.15, 0.2) is 0 Å². The summed E-state index contributed by atoms with van der Waals surface area (Å²) >= 11 is 6.75. The number of carbonyl (C=O) groups is 2. The minimum Gasteiger partial charge on any atom is -0.268 e. The third kappa shape index (κ3) is 3.09. The summed E-state index contributed by atoms with van der Waals surface area (Å²) in [5.74, 6) is -1.02. The van der Waals surface area contributed by atoms with Crippen LogP contribution in [0, 0.1) is 5.82 Å². The molecule has 1 saturated heterocycles. The molecule has 0 radical (unpaired) electrons. The Bertz CT molecular complexity index is 828. The Kier molecular flexibility index (Phi) is 4.73. The summed E-state index contributed by atoms with van der Waals surface area (Å²) in [5.41, 5.74) is 1.71. The highest BCUT2D eigenvalue weighted by atomic mass is 35.5. The molecule has 0 aliphatic carbocycles. The van der Waals surface area contributed by atoms with Gasteiger partial charge in [-0.1, -0.05) is 36.7 Å². The molecule has 2 amide bonds. The number of nitrogens with zero attached hydrogens (tertiary/aromatic N) is 1. The van der Waals surface area contributed by atoms with Crippen molar-refractivity contribution in [2.45, 2.75) is 13.3 Å². The van der Waals surface area contributed by atoms with Crippen LogP contribution in [0.25, 0.3) is 6.08 Å². The van der Waals surface area contributed by atoms with Crippen LogP contribution in [0.4, 0.5) is 14.9 Å². The highest BCUT2D eigenvalue weighted by molar-refractivity contribution is 8.19. The first-order valence-corrected chi connectivity index (χ1v) is 8.51. The van der Waals surface area contributed by atoms with E-state index in [0.717, 1.165) is 28.6 Å². The fraction of sp³-hybridized carbons (Fsp3) is 0.111. The van der Waals surface area contributed by atoms with Gasteiger partial charge >= 0.3 is 0 Å². The highest BCUT2D eigenvalue weighted by Crippen LogP contribution is 2.37. The molecule has 1 fully saturated rings. The van der Waals surface area contributed by atoms with Gasteiger partial charge in [-0.2, -0.15) is 0 Å². The number of hydrogen-bond acceptors (Lipinski definition) is 3. The lowest BCUT2D eigenvalue weighted by molar-refractivity contribution is -0.113. The zero-order valence-electron chi connectivity index (χ0n) is 12.8. The molecule has 122 valence electrons. The second-order valence-corrected chi connectivity index (χ2v) is 6.57. The largest absolute Gasteiger partial charge is 0.298 e. The van der Waals surface area contributed by atoms with Crippen LogP contribution in [-0.4, -0.2) is 11.1 Å². The van der Waals surface area contributed by atoms with Gasteiger partial charge in [0.05, 0.1) is 15.6 Å². The second-order valence-electron chi connectivity index (χ2n) is 5.17. The number of anilines is 1. The van der Waals surface area contributed by atoms with E-state index >= 15 is 0 Å². The normalized spacial score (nSPS) is 16.3. The SMILES string of the molecule is CCc1ccc(N2C(=O)S/C(=C\c3c(F)cccc3Cl)C2=O)cc1. The van der Waals surface area contributed by atoms with Crippen molar-refractivity contribution < 1.29 is 14.0 Å². The predicted molar refractivity (Wildman–Crippen MR) is 95.7 cm³/mol. The number of benzene rings is 2. The Morgan fingerprint density at radius 2 is 1.88 bits per heavy atom. The molecule has 24 heavy (non-hydrogen) atoms. The van der Waals surface area contributed by atoms with Crippen LogP contribution in [0.2, 0.25) is 5.02 Å². The van der Waals surface area contributed by atoms with E-state index in [1.165, 1.54) is 24.3 Å². The van der Waals surface area contributed by atoms with Gasteiger partial charge in [0, 0.05) is 5.56 Å². The zero-order chi connectivity index (χ0) is 17.3. The van der Waals surface area contributed by atoms with Crippen molar-refractivity contribution in [1.82, 2.24) is 0 Å². The van der Waals surface area contributed by atoms with Crippen molar-refractivity contribution >= 4 is 46.3 Å². The minimum absolute atomic E-state index is 0.103. The van der Waals surface area contributed by atoms with Gasteiger partial charge in [-0.3, -0.25) is 9.59 Å². The molecule has 0 aromatic heterocycles. The summed E-state index contributed by atoms with van der Waals surface area (Å²) in [4.78, 5) is 26.0. The minimum atomic E-state index is -0.540. The predicted octanol–water partition coefficient (Wildman–Crippen LogP) is 5.28. The summed E-state index contributed by atoms with van der Waals surface area (Å²) in [6.45, 7) is 2.02. The smallest absolute Gasteiger partial charge is 0.268 e. The molecule has 0 unspecified atom stereocenters. The van der Waals surface area contributed by atoms with E-state index in [-0.39, 0.29) is 15.5 Å². The Morgan fingerprint density at radius 1 is 1.17 bits per heavy atom. The Hall–Kier alpha value is -2.11. The average molecular weight is 362 g/mol. The number of aryl methyl sites for hydroxylation is 1. The summed E-state index contributed by atoms with van der Waals surface area (Å²) in [7, 11) is 0. The third-order valence-corrected chi connectivity index (χ3v) is 4.87. The van der Waals surface area contributed by atoms with Crippen LogP contribution < -0.4 is 4.90 Å². The van der Waals surface area contributed by atoms with Crippen molar-refractivity contribution in [3.8, 4) is 0 Å². The van der Waals surface area contributed by atoms with E-state index in [9.17, 15) is 14.0 Å². The van der Waals surface area contributed by atoms with E-state index in [4.69, 9.17) is 11.6 Å². The topological polar surface area (TPSA) is 37.4 Å². The number of hydrogen-bond donors (Lipinski definition) is 0. The molecule has 0 spiro atoms. The van der Waals surface area contributed by atoms with Crippen molar-refractivity contribution in [3.05, 3.63) is 69.3 Å². The second kappa shape index (κ2) is 6.79. The van der Waals surface area contributed by atoms with Gasteiger partial charge in [0.1, 0.15) is 5.82 Å². The number of imide groups is 1. The molecule has 6 heteroatoms. The number of rotatable bonds is 3. The van der Waals surface area contributed by atoms with Gasteiger partial charge in [-0.25, -0.2) is 9.29 Å². The number of halogens is 2. The fourth-order valence-corrected chi connectivity index (χ4v) is 3.39. The summed E-state index contributed by atoms with van der Waals surface area (Å²) < 4.78 is 13.9. The molecule has 0 bridgehead atoms. The standard InChI is InChI=1S/C18H13ClFNO2S/c1-2-11-6-8-12(9-7-11)21-17(22)16(24-18(21)23)10-13-14(19)4-3-5-15(13)20/h3-10H,2H2,1H3/b16-10-. The number of thioether (sulfide) groups is 1. The van der Waals surface area contributed by atoms with Gasteiger partial charge < -0.3 is 0 Å². The van der Waals surface area contributed by atoms with Crippen molar-refractivity contribution in [1.29, 1.82) is 0 Å².